The zero-order valence-electron chi connectivity index (χ0n) is 11.3. The lowest BCUT2D eigenvalue weighted by atomic mass is 9.57. The van der Waals surface area contributed by atoms with Crippen LogP contribution in [-0.4, -0.2) is 16.7 Å². The number of halogens is 1. The van der Waals surface area contributed by atoms with E-state index < -0.39 is 0 Å². The van der Waals surface area contributed by atoms with E-state index in [0.29, 0.717) is 0 Å². The number of pyridine rings is 1. The first-order chi connectivity index (χ1) is 9.76. The molecule has 20 heavy (non-hydrogen) atoms. The number of aliphatic hydroxyl groups is 1. The maximum absolute atomic E-state index is 9.93. The molecule has 104 valence electrons. The molecule has 0 spiro atoms. The van der Waals surface area contributed by atoms with E-state index in [0.717, 1.165) is 23.6 Å². The second-order valence-corrected chi connectivity index (χ2v) is 5.94. The van der Waals surface area contributed by atoms with Gasteiger partial charge in [-0.05, 0) is 42.7 Å². The molecule has 2 nitrogen and oxygen atoms in total. The fourth-order valence-corrected chi connectivity index (χ4v) is 3.44. The SMILES string of the molecule is OCC(c1ccccn1)C1(c2ccc(Cl)cc2)CCC1. The Bertz CT molecular complexity index is 563. The molecule has 1 atom stereocenters. The van der Waals surface area contributed by atoms with Gasteiger partial charge in [-0.1, -0.05) is 36.2 Å². The standard InChI is InChI=1S/C17H18ClNO/c18-14-7-5-13(6-8-14)17(9-3-10-17)15(12-20)16-4-1-2-11-19-16/h1-2,4-8,11,15,20H,3,9-10,12H2. The van der Waals surface area contributed by atoms with Gasteiger partial charge in [0, 0.05) is 28.2 Å². The normalized spacial score (nSPS) is 18.3. The average molecular weight is 288 g/mol. The molecule has 3 heteroatoms. The monoisotopic (exact) mass is 287 g/mol. The predicted molar refractivity (Wildman–Crippen MR) is 81.0 cm³/mol. The minimum Gasteiger partial charge on any atom is -0.396 e. The Morgan fingerprint density at radius 3 is 2.40 bits per heavy atom. The van der Waals surface area contributed by atoms with Gasteiger partial charge in [-0.2, -0.15) is 0 Å². The smallest absolute Gasteiger partial charge is 0.0523 e. The Balaban J connectivity index is 2.01. The van der Waals surface area contributed by atoms with Gasteiger partial charge in [0.05, 0.1) is 6.61 Å². The van der Waals surface area contributed by atoms with Crippen LogP contribution in [0.5, 0.6) is 0 Å². The molecule has 1 saturated carbocycles. The second kappa shape index (κ2) is 5.55. The molecule has 0 aliphatic heterocycles. The number of aliphatic hydroxyl groups excluding tert-OH is 1. The highest BCUT2D eigenvalue weighted by molar-refractivity contribution is 6.30. The highest BCUT2D eigenvalue weighted by atomic mass is 35.5. The van der Waals surface area contributed by atoms with Crippen molar-refractivity contribution in [3.63, 3.8) is 0 Å². The van der Waals surface area contributed by atoms with Gasteiger partial charge in [-0.15, -0.1) is 0 Å². The summed E-state index contributed by atoms with van der Waals surface area (Å²) in [6.45, 7) is 0.125. The predicted octanol–water partition coefficient (Wildman–Crippen LogP) is 3.93. The lowest BCUT2D eigenvalue weighted by molar-refractivity contribution is 0.131. The maximum Gasteiger partial charge on any atom is 0.0523 e. The van der Waals surface area contributed by atoms with Crippen LogP contribution < -0.4 is 0 Å². The van der Waals surface area contributed by atoms with Gasteiger partial charge in [0.1, 0.15) is 0 Å². The summed E-state index contributed by atoms with van der Waals surface area (Å²) in [6, 6.07) is 14.0. The summed E-state index contributed by atoms with van der Waals surface area (Å²) in [5.41, 5.74) is 2.25. The van der Waals surface area contributed by atoms with E-state index in [9.17, 15) is 5.11 Å². The van der Waals surface area contributed by atoms with Crippen molar-refractivity contribution in [3.05, 3.63) is 64.9 Å². The Labute approximate surface area is 124 Å². The first-order valence-electron chi connectivity index (χ1n) is 7.04. The van der Waals surface area contributed by atoms with Crippen LogP contribution in [-0.2, 0) is 5.41 Å². The summed E-state index contributed by atoms with van der Waals surface area (Å²) < 4.78 is 0. The van der Waals surface area contributed by atoms with Crippen molar-refractivity contribution < 1.29 is 5.11 Å². The van der Waals surface area contributed by atoms with Crippen LogP contribution in [0.2, 0.25) is 5.02 Å². The lowest BCUT2D eigenvalue weighted by Gasteiger charge is -2.47. The van der Waals surface area contributed by atoms with Crippen molar-refractivity contribution in [1.29, 1.82) is 0 Å². The maximum atomic E-state index is 9.93. The summed E-state index contributed by atoms with van der Waals surface area (Å²) in [7, 11) is 0. The van der Waals surface area contributed by atoms with Crippen LogP contribution in [0.25, 0.3) is 0 Å². The summed E-state index contributed by atoms with van der Waals surface area (Å²) in [4.78, 5) is 4.45. The lowest BCUT2D eigenvalue weighted by Crippen LogP contribution is -2.42. The molecule has 3 rings (SSSR count). The van der Waals surface area contributed by atoms with Gasteiger partial charge in [-0.25, -0.2) is 0 Å². The molecule has 1 N–H and O–H groups in total. The molecule has 1 aliphatic rings. The molecular formula is C17H18ClNO. The van der Waals surface area contributed by atoms with Crippen molar-refractivity contribution >= 4 is 11.6 Å². The van der Waals surface area contributed by atoms with Gasteiger partial charge in [0.15, 0.2) is 0 Å². The van der Waals surface area contributed by atoms with Crippen molar-refractivity contribution in [2.24, 2.45) is 0 Å². The van der Waals surface area contributed by atoms with Gasteiger partial charge < -0.3 is 5.11 Å². The third-order valence-corrected chi connectivity index (χ3v) is 4.81. The topological polar surface area (TPSA) is 33.1 Å². The number of nitrogens with zero attached hydrogens (tertiary/aromatic N) is 1. The van der Waals surface area contributed by atoms with Gasteiger partial charge in [0.25, 0.3) is 0 Å². The van der Waals surface area contributed by atoms with Gasteiger partial charge in [0.2, 0.25) is 0 Å². The molecule has 2 aromatic rings. The third kappa shape index (κ3) is 2.23. The first kappa shape index (κ1) is 13.6. The molecule has 1 aromatic carbocycles. The van der Waals surface area contributed by atoms with Gasteiger partial charge >= 0.3 is 0 Å². The number of hydrogen-bond acceptors (Lipinski definition) is 2. The Kier molecular flexibility index (Phi) is 3.77. The molecule has 0 saturated heterocycles. The Morgan fingerprint density at radius 1 is 1.15 bits per heavy atom. The van der Waals surface area contributed by atoms with E-state index in [1.165, 1.54) is 12.0 Å². The highest BCUT2D eigenvalue weighted by Gasteiger charge is 2.46. The third-order valence-electron chi connectivity index (χ3n) is 4.56. The van der Waals surface area contributed by atoms with Crippen LogP contribution in [0.1, 0.15) is 36.4 Å². The van der Waals surface area contributed by atoms with Crippen LogP contribution >= 0.6 is 11.6 Å². The van der Waals surface area contributed by atoms with Crippen molar-refractivity contribution in [1.82, 2.24) is 4.98 Å². The van der Waals surface area contributed by atoms with Crippen LogP contribution in [0.3, 0.4) is 0 Å². The van der Waals surface area contributed by atoms with E-state index in [4.69, 9.17) is 11.6 Å². The zero-order chi connectivity index (χ0) is 14.0. The molecule has 0 radical (unpaired) electrons. The zero-order valence-corrected chi connectivity index (χ0v) is 12.1. The molecular weight excluding hydrogens is 270 g/mol. The minimum absolute atomic E-state index is 0.00763. The second-order valence-electron chi connectivity index (χ2n) is 5.51. The molecule has 1 unspecified atom stereocenters. The molecule has 1 aliphatic carbocycles. The Hall–Kier alpha value is -1.38. The molecule has 1 aromatic heterocycles. The number of benzene rings is 1. The Morgan fingerprint density at radius 2 is 1.90 bits per heavy atom. The van der Waals surface area contributed by atoms with E-state index in [1.807, 2.05) is 30.3 Å². The highest BCUT2D eigenvalue weighted by Crippen LogP contribution is 2.52. The van der Waals surface area contributed by atoms with Crippen LogP contribution in [0, 0.1) is 0 Å². The molecule has 0 bridgehead atoms. The molecule has 1 fully saturated rings. The van der Waals surface area contributed by atoms with E-state index >= 15 is 0 Å². The summed E-state index contributed by atoms with van der Waals surface area (Å²) in [5.74, 6) is 0.0543. The van der Waals surface area contributed by atoms with Crippen LogP contribution in [0.4, 0.5) is 0 Å². The van der Waals surface area contributed by atoms with Crippen molar-refractivity contribution in [2.45, 2.75) is 30.6 Å². The quantitative estimate of drug-likeness (QED) is 0.924. The van der Waals surface area contributed by atoms with E-state index in [-0.39, 0.29) is 17.9 Å². The minimum atomic E-state index is 0.00763. The number of hydrogen-bond donors (Lipinski definition) is 1. The fourth-order valence-electron chi connectivity index (χ4n) is 3.31. The fraction of sp³-hybridized carbons (Fsp3) is 0.353. The number of aromatic nitrogens is 1. The van der Waals surface area contributed by atoms with Gasteiger partial charge in [-0.3, -0.25) is 4.98 Å². The van der Waals surface area contributed by atoms with Crippen molar-refractivity contribution in [2.75, 3.05) is 6.61 Å². The summed E-state index contributed by atoms with van der Waals surface area (Å²) >= 11 is 5.99. The van der Waals surface area contributed by atoms with E-state index in [1.54, 1.807) is 6.20 Å². The largest absolute Gasteiger partial charge is 0.396 e. The molecule has 0 amide bonds. The summed E-state index contributed by atoms with van der Waals surface area (Å²) in [6.07, 6.45) is 5.19. The number of rotatable bonds is 4. The average Bonchev–Trinajstić information content (AvgIpc) is 2.45. The summed E-state index contributed by atoms with van der Waals surface area (Å²) in [5, 5.41) is 10.7. The van der Waals surface area contributed by atoms with Crippen LogP contribution in [0.15, 0.2) is 48.7 Å². The molecule has 1 heterocycles. The van der Waals surface area contributed by atoms with E-state index in [2.05, 4.69) is 17.1 Å². The van der Waals surface area contributed by atoms with Crippen molar-refractivity contribution in [3.8, 4) is 0 Å². The first-order valence-corrected chi connectivity index (χ1v) is 7.42.